The van der Waals surface area contributed by atoms with Crippen LogP contribution in [0.25, 0.3) is 0 Å². The molecule has 0 bridgehead atoms. The standard InChI is InChI=1S/C24H41NO2/c1-7-8-9-10-11-12-13-22(23(2,3)4)24(5,6)27-18-21(26)19-14-16-20(25)17-15-19/h14-17,22H,7-13,18,25H2,1-6H3. The van der Waals surface area contributed by atoms with Gasteiger partial charge in [0.2, 0.25) is 0 Å². The molecule has 0 heterocycles. The first-order valence-corrected chi connectivity index (χ1v) is 10.6. The van der Waals surface area contributed by atoms with Crippen molar-refractivity contribution in [3.05, 3.63) is 29.8 Å². The lowest BCUT2D eigenvalue weighted by Crippen LogP contribution is -2.43. The Kier molecular flexibility index (Phi) is 9.52. The van der Waals surface area contributed by atoms with Crippen LogP contribution in [0.4, 0.5) is 5.69 Å². The van der Waals surface area contributed by atoms with Crippen LogP contribution in [0.15, 0.2) is 24.3 Å². The van der Waals surface area contributed by atoms with Crippen LogP contribution in [0.3, 0.4) is 0 Å². The van der Waals surface area contributed by atoms with Crippen LogP contribution in [0.1, 0.15) is 96.8 Å². The number of benzene rings is 1. The summed E-state index contributed by atoms with van der Waals surface area (Å²) in [5.74, 6) is 0.408. The van der Waals surface area contributed by atoms with Gasteiger partial charge in [0.1, 0.15) is 6.61 Å². The number of unbranched alkanes of at least 4 members (excludes halogenated alkanes) is 5. The van der Waals surface area contributed by atoms with E-state index in [4.69, 9.17) is 10.5 Å². The van der Waals surface area contributed by atoms with E-state index >= 15 is 0 Å². The molecule has 0 radical (unpaired) electrons. The maximum Gasteiger partial charge on any atom is 0.188 e. The van der Waals surface area contributed by atoms with Crippen LogP contribution >= 0.6 is 0 Å². The normalized spacial score (nSPS) is 13.6. The minimum Gasteiger partial charge on any atom is -0.399 e. The van der Waals surface area contributed by atoms with Gasteiger partial charge in [-0.2, -0.15) is 0 Å². The number of carbonyl (C=O) groups is 1. The second-order valence-corrected chi connectivity index (χ2v) is 9.41. The topological polar surface area (TPSA) is 52.3 Å². The summed E-state index contributed by atoms with van der Waals surface area (Å²) in [6.45, 7) is 13.5. The van der Waals surface area contributed by atoms with Crippen molar-refractivity contribution >= 4 is 11.5 Å². The van der Waals surface area contributed by atoms with Crippen molar-refractivity contribution in [1.29, 1.82) is 0 Å². The van der Waals surface area contributed by atoms with Crippen LogP contribution in [-0.4, -0.2) is 18.0 Å². The Morgan fingerprint density at radius 1 is 0.963 bits per heavy atom. The van der Waals surface area contributed by atoms with Crippen molar-refractivity contribution in [3.8, 4) is 0 Å². The highest BCUT2D eigenvalue weighted by Gasteiger charge is 2.38. The molecule has 3 nitrogen and oxygen atoms in total. The number of hydrogen-bond donors (Lipinski definition) is 1. The number of nitrogens with two attached hydrogens (primary N) is 1. The van der Waals surface area contributed by atoms with E-state index in [1.807, 2.05) is 0 Å². The van der Waals surface area contributed by atoms with Gasteiger partial charge in [-0.3, -0.25) is 4.79 Å². The van der Waals surface area contributed by atoms with Gasteiger partial charge in [-0.25, -0.2) is 0 Å². The number of ether oxygens (including phenoxy) is 1. The maximum atomic E-state index is 12.5. The molecule has 27 heavy (non-hydrogen) atoms. The minimum atomic E-state index is -0.342. The number of hydrogen-bond acceptors (Lipinski definition) is 3. The van der Waals surface area contributed by atoms with E-state index in [0.717, 1.165) is 6.42 Å². The van der Waals surface area contributed by atoms with Gasteiger partial charge in [-0.05, 0) is 55.9 Å². The molecule has 0 aliphatic rings. The van der Waals surface area contributed by atoms with E-state index in [-0.39, 0.29) is 23.4 Å². The SMILES string of the molecule is CCCCCCCCC(C(C)(C)C)C(C)(C)OCC(=O)c1ccc(N)cc1. The van der Waals surface area contributed by atoms with Crippen molar-refractivity contribution in [2.45, 2.75) is 92.1 Å². The number of anilines is 1. The van der Waals surface area contributed by atoms with Gasteiger partial charge < -0.3 is 10.5 Å². The quantitative estimate of drug-likeness (QED) is 0.252. The van der Waals surface area contributed by atoms with E-state index < -0.39 is 0 Å². The molecule has 0 saturated heterocycles. The Morgan fingerprint density at radius 2 is 1.52 bits per heavy atom. The van der Waals surface area contributed by atoms with Crippen LogP contribution in [-0.2, 0) is 4.74 Å². The molecule has 3 heteroatoms. The summed E-state index contributed by atoms with van der Waals surface area (Å²) >= 11 is 0. The molecule has 1 aromatic rings. The number of ketones is 1. The summed E-state index contributed by atoms with van der Waals surface area (Å²) < 4.78 is 6.18. The fourth-order valence-corrected chi connectivity index (χ4v) is 4.06. The number of nitrogen functional groups attached to an aromatic ring is 1. The van der Waals surface area contributed by atoms with Crippen LogP contribution in [0.5, 0.6) is 0 Å². The molecule has 1 aromatic carbocycles. The molecule has 0 amide bonds. The van der Waals surface area contributed by atoms with Crippen molar-refractivity contribution in [3.63, 3.8) is 0 Å². The average Bonchev–Trinajstić information content (AvgIpc) is 2.58. The lowest BCUT2D eigenvalue weighted by molar-refractivity contribution is -0.0868. The summed E-state index contributed by atoms with van der Waals surface area (Å²) in [4.78, 5) is 12.5. The van der Waals surface area contributed by atoms with E-state index in [9.17, 15) is 4.79 Å². The van der Waals surface area contributed by atoms with Crippen molar-refractivity contribution in [1.82, 2.24) is 0 Å². The second-order valence-electron chi connectivity index (χ2n) is 9.41. The highest BCUT2D eigenvalue weighted by atomic mass is 16.5. The minimum absolute atomic E-state index is 0.00954. The number of rotatable bonds is 12. The zero-order valence-corrected chi connectivity index (χ0v) is 18.4. The Hall–Kier alpha value is -1.35. The van der Waals surface area contributed by atoms with Gasteiger partial charge in [-0.1, -0.05) is 66.2 Å². The maximum absolute atomic E-state index is 12.5. The zero-order valence-electron chi connectivity index (χ0n) is 18.4. The van der Waals surface area contributed by atoms with E-state index in [1.54, 1.807) is 24.3 Å². The third-order valence-corrected chi connectivity index (χ3v) is 5.54. The summed E-state index contributed by atoms with van der Waals surface area (Å²) in [7, 11) is 0. The van der Waals surface area contributed by atoms with Crippen LogP contribution in [0, 0.1) is 11.3 Å². The fourth-order valence-electron chi connectivity index (χ4n) is 4.06. The van der Waals surface area contributed by atoms with Gasteiger partial charge in [0.15, 0.2) is 5.78 Å². The van der Waals surface area contributed by atoms with Gasteiger partial charge in [-0.15, -0.1) is 0 Å². The van der Waals surface area contributed by atoms with Crippen LogP contribution in [0.2, 0.25) is 0 Å². The Morgan fingerprint density at radius 3 is 2.07 bits per heavy atom. The number of Topliss-reactive ketones (excluding diaryl/α,β-unsaturated/α-hetero) is 1. The molecule has 0 aliphatic heterocycles. The third kappa shape index (κ3) is 8.47. The molecule has 0 saturated carbocycles. The van der Waals surface area contributed by atoms with Gasteiger partial charge in [0, 0.05) is 11.3 Å². The molecule has 0 spiro atoms. The predicted molar refractivity (Wildman–Crippen MR) is 116 cm³/mol. The largest absolute Gasteiger partial charge is 0.399 e. The molecule has 1 rings (SSSR count). The molecule has 0 aromatic heterocycles. The fraction of sp³-hybridized carbons (Fsp3) is 0.708. The van der Waals surface area contributed by atoms with Gasteiger partial charge in [0.05, 0.1) is 5.60 Å². The first-order valence-electron chi connectivity index (χ1n) is 10.6. The highest BCUT2D eigenvalue weighted by Crippen LogP contribution is 2.40. The average molecular weight is 376 g/mol. The molecule has 154 valence electrons. The Balaban J connectivity index is 2.62. The van der Waals surface area contributed by atoms with Crippen molar-refractivity contribution < 1.29 is 9.53 Å². The molecule has 1 atom stereocenters. The molecular formula is C24H41NO2. The summed E-state index contributed by atoms with van der Waals surface area (Å²) in [6.07, 6.45) is 8.93. The number of carbonyl (C=O) groups excluding carboxylic acids is 1. The Bertz CT molecular complexity index is 555. The molecule has 1 unspecified atom stereocenters. The zero-order chi connectivity index (χ0) is 20.5. The molecule has 0 aliphatic carbocycles. The first kappa shape index (κ1) is 23.7. The van der Waals surface area contributed by atoms with E-state index in [0.29, 0.717) is 17.2 Å². The van der Waals surface area contributed by atoms with Crippen molar-refractivity contribution in [2.24, 2.45) is 11.3 Å². The molecular weight excluding hydrogens is 334 g/mol. The second kappa shape index (κ2) is 10.8. The van der Waals surface area contributed by atoms with E-state index in [1.165, 1.54) is 38.5 Å². The third-order valence-electron chi connectivity index (χ3n) is 5.54. The highest BCUT2D eigenvalue weighted by molar-refractivity contribution is 5.97. The van der Waals surface area contributed by atoms with Gasteiger partial charge >= 0.3 is 0 Å². The van der Waals surface area contributed by atoms with Crippen molar-refractivity contribution in [2.75, 3.05) is 12.3 Å². The van der Waals surface area contributed by atoms with E-state index in [2.05, 4.69) is 41.5 Å². The summed E-state index contributed by atoms with van der Waals surface area (Å²) in [6, 6.07) is 7.06. The first-order chi connectivity index (χ1) is 12.6. The molecule has 2 N–H and O–H groups in total. The van der Waals surface area contributed by atoms with Crippen LogP contribution < -0.4 is 5.73 Å². The molecule has 0 fully saturated rings. The lowest BCUT2D eigenvalue weighted by atomic mass is 9.69. The van der Waals surface area contributed by atoms with Gasteiger partial charge in [0.25, 0.3) is 0 Å². The Labute approximate surface area is 167 Å². The summed E-state index contributed by atoms with van der Waals surface area (Å²) in [5.41, 5.74) is 6.82. The predicted octanol–water partition coefficient (Wildman–Crippen LogP) is 6.66. The lowest BCUT2D eigenvalue weighted by Gasteiger charge is -2.43. The monoisotopic (exact) mass is 375 g/mol. The summed E-state index contributed by atoms with van der Waals surface area (Å²) in [5, 5.41) is 0. The smallest absolute Gasteiger partial charge is 0.188 e.